The minimum atomic E-state index is -0.109. The number of carbonyl (C=O) groups excluding carboxylic acids is 1. The highest BCUT2D eigenvalue weighted by Crippen LogP contribution is 2.23. The van der Waals surface area contributed by atoms with Gasteiger partial charge in [0.15, 0.2) is 0 Å². The van der Waals surface area contributed by atoms with Crippen molar-refractivity contribution in [3.63, 3.8) is 0 Å². The van der Waals surface area contributed by atoms with E-state index < -0.39 is 0 Å². The summed E-state index contributed by atoms with van der Waals surface area (Å²) in [6, 6.07) is 11.2. The van der Waals surface area contributed by atoms with E-state index in [1.807, 2.05) is 50.2 Å². The average molecular weight is 366 g/mol. The zero-order valence-electron chi connectivity index (χ0n) is 10.8. The van der Waals surface area contributed by atoms with Crippen molar-refractivity contribution in [3.8, 4) is 0 Å². The molecular formula is C15H15IN2O. The van der Waals surface area contributed by atoms with Crippen molar-refractivity contribution in [2.75, 3.05) is 11.1 Å². The molecule has 0 atom stereocenters. The SMILES string of the molecule is Cc1cccc(C(=O)Nc2cccc(N)c2C)c1I. The number of benzene rings is 2. The molecule has 0 aliphatic carbocycles. The topological polar surface area (TPSA) is 55.1 Å². The molecule has 0 unspecified atom stereocenters. The summed E-state index contributed by atoms with van der Waals surface area (Å²) in [5.74, 6) is -0.109. The van der Waals surface area contributed by atoms with Crippen LogP contribution in [0.15, 0.2) is 36.4 Å². The van der Waals surface area contributed by atoms with E-state index in [9.17, 15) is 4.79 Å². The lowest BCUT2D eigenvalue weighted by Crippen LogP contribution is -2.15. The molecule has 0 spiro atoms. The van der Waals surface area contributed by atoms with Crippen molar-refractivity contribution >= 4 is 39.9 Å². The van der Waals surface area contributed by atoms with E-state index in [4.69, 9.17) is 5.73 Å². The minimum Gasteiger partial charge on any atom is -0.398 e. The number of nitrogens with one attached hydrogen (secondary N) is 1. The first kappa shape index (κ1) is 13.9. The normalized spacial score (nSPS) is 10.3. The smallest absolute Gasteiger partial charge is 0.256 e. The number of nitrogen functional groups attached to an aromatic ring is 1. The fourth-order valence-corrected chi connectivity index (χ4v) is 2.41. The van der Waals surface area contributed by atoms with Gasteiger partial charge in [-0.25, -0.2) is 0 Å². The summed E-state index contributed by atoms with van der Waals surface area (Å²) in [5.41, 5.74) is 9.93. The van der Waals surface area contributed by atoms with Gasteiger partial charge in [-0.15, -0.1) is 0 Å². The van der Waals surface area contributed by atoms with E-state index in [2.05, 4.69) is 27.9 Å². The Bertz CT molecular complexity index is 638. The largest absolute Gasteiger partial charge is 0.398 e. The predicted octanol–water partition coefficient (Wildman–Crippen LogP) is 3.74. The van der Waals surface area contributed by atoms with Crippen LogP contribution in [0.2, 0.25) is 0 Å². The van der Waals surface area contributed by atoms with E-state index in [0.717, 1.165) is 20.4 Å². The molecule has 3 nitrogen and oxygen atoms in total. The molecule has 0 saturated heterocycles. The zero-order valence-corrected chi connectivity index (χ0v) is 13.0. The maximum atomic E-state index is 12.3. The van der Waals surface area contributed by atoms with E-state index in [0.29, 0.717) is 11.3 Å². The number of nitrogens with two attached hydrogens (primary N) is 1. The van der Waals surface area contributed by atoms with Gasteiger partial charge >= 0.3 is 0 Å². The van der Waals surface area contributed by atoms with Gasteiger partial charge < -0.3 is 11.1 Å². The van der Waals surface area contributed by atoms with Crippen LogP contribution in [0, 0.1) is 17.4 Å². The van der Waals surface area contributed by atoms with Crippen molar-refractivity contribution in [1.29, 1.82) is 0 Å². The molecule has 0 saturated carbocycles. The molecule has 3 N–H and O–H groups in total. The Morgan fingerprint density at radius 3 is 2.58 bits per heavy atom. The van der Waals surface area contributed by atoms with Gasteiger partial charge in [-0.1, -0.05) is 18.2 Å². The van der Waals surface area contributed by atoms with Crippen LogP contribution in [0.5, 0.6) is 0 Å². The Balaban J connectivity index is 2.31. The van der Waals surface area contributed by atoms with Crippen LogP contribution < -0.4 is 11.1 Å². The second-order valence-electron chi connectivity index (χ2n) is 4.41. The Morgan fingerprint density at radius 2 is 1.84 bits per heavy atom. The highest BCUT2D eigenvalue weighted by Gasteiger charge is 2.12. The summed E-state index contributed by atoms with van der Waals surface area (Å²) in [4.78, 5) is 12.3. The van der Waals surface area contributed by atoms with Crippen LogP contribution in [0.25, 0.3) is 0 Å². The highest BCUT2D eigenvalue weighted by atomic mass is 127. The molecule has 2 aromatic rings. The van der Waals surface area contributed by atoms with Crippen LogP contribution in [-0.4, -0.2) is 5.91 Å². The molecule has 0 aliphatic heterocycles. The first-order valence-corrected chi connectivity index (χ1v) is 7.00. The molecule has 0 bridgehead atoms. The lowest BCUT2D eigenvalue weighted by molar-refractivity contribution is 0.102. The van der Waals surface area contributed by atoms with Crippen molar-refractivity contribution in [3.05, 3.63) is 56.7 Å². The second kappa shape index (κ2) is 5.61. The fourth-order valence-electron chi connectivity index (χ4n) is 1.80. The molecule has 2 rings (SSSR count). The van der Waals surface area contributed by atoms with E-state index in [1.165, 1.54) is 0 Å². The zero-order chi connectivity index (χ0) is 14.0. The first-order chi connectivity index (χ1) is 9.00. The van der Waals surface area contributed by atoms with Gasteiger partial charge in [-0.05, 0) is 65.8 Å². The summed E-state index contributed by atoms with van der Waals surface area (Å²) in [5, 5.41) is 2.91. The maximum absolute atomic E-state index is 12.3. The number of halogens is 1. The van der Waals surface area contributed by atoms with Gasteiger partial charge in [0, 0.05) is 14.9 Å². The van der Waals surface area contributed by atoms with Crippen molar-refractivity contribution in [2.24, 2.45) is 0 Å². The number of anilines is 2. The Hall–Kier alpha value is -1.56. The lowest BCUT2D eigenvalue weighted by Gasteiger charge is -2.11. The number of amides is 1. The molecule has 0 fully saturated rings. The molecule has 0 heterocycles. The quantitative estimate of drug-likeness (QED) is 0.629. The summed E-state index contributed by atoms with van der Waals surface area (Å²) in [6.07, 6.45) is 0. The number of rotatable bonds is 2. The van der Waals surface area contributed by atoms with E-state index in [-0.39, 0.29) is 5.91 Å². The van der Waals surface area contributed by atoms with Crippen LogP contribution >= 0.6 is 22.6 Å². The van der Waals surface area contributed by atoms with E-state index >= 15 is 0 Å². The molecule has 1 amide bonds. The van der Waals surface area contributed by atoms with Gasteiger partial charge in [-0.3, -0.25) is 4.79 Å². The molecule has 0 aromatic heterocycles. The van der Waals surface area contributed by atoms with Crippen LogP contribution in [0.1, 0.15) is 21.5 Å². The fraction of sp³-hybridized carbons (Fsp3) is 0.133. The Kier molecular flexibility index (Phi) is 4.09. The number of aryl methyl sites for hydroxylation is 1. The van der Waals surface area contributed by atoms with Crippen LogP contribution in [-0.2, 0) is 0 Å². The van der Waals surface area contributed by atoms with Crippen molar-refractivity contribution < 1.29 is 4.79 Å². The molecule has 2 aromatic carbocycles. The third-order valence-corrected chi connectivity index (χ3v) is 4.49. The summed E-state index contributed by atoms with van der Waals surface area (Å²) >= 11 is 2.19. The van der Waals surface area contributed by atoms with Crippen molar-refractivity contribution in [2.45, 2.75) is 13.8 Å². The second-order valence-corrected chi connectivity index (χ2v) is 5.49. The van der Waals surface area contributed by atoms with Crippen LogP contribution in [0.4, 0.5) is 11.4 Å². The number of hydrogen-bond donors (Lipinski definition) is 2. The standard InChI is InChI=1S/C15H15IN2O/c1-9-5-3-6-11(14(9)16)15(19)18-13-8-4-7-12(17)10(13)2/h3-8H,17H2,1-2H3,(H,18,19). The summed E-state index contributed by atoms with van der Waals surface area (Å²) in [7, 11) is 0. The molecule has 4 heteroatoms. The lowest BCUT2D eigenvalue weighted by atomic mass is 10.1. The molecule has 98 valence electrons. The highest BCUT2D eigenvalue weighted by molar-refractivity contribution is 14.1. The monoisotopic (exact) mass is 366 g/mol. The molecule has 0 radical (unpaired) electrons. The number of hydrogen-bond acceptors (Lipinski definition) is 2. The summed E-state index contributed by atoms with van der Waals surface area (Å²) in [6.45, 7) is 3.89. The third-order valence-electron chi connectivity index (χ3n) is 3.06. The van der Waals surface area contributed by atoms with Crippen LogP contribution in [0.3, 0.4) is 0 Å². The van der Waals surface area contributed by atoms with Gasteiger partial charge in [0.1, 0.15) is 0 Å². The Morgan fingerprint density at radius 1 is 1.16 bits per heavy atom. The van der Waals surface area contributed by atoms with Gasteiger partial charge in [0.05, 0.1) is 5.56 Å². The van der Waals surface area contributed by atoms with E-state index in [1.54, 1.807) is 0 Å². The van der Waals surface area contributed by atoms with Gasteiger partial charge in [0.25, 0.3) is 5.91 Å². The third kappa shape index (κ3) is 2.89. The summed E-state index contributed by atoms with van der Waals surface area (Å²) < 4.78 is 0.971. The molecule has 0 aliphatic rings. The van der Waals surface area contributed by atoms with Gasteiger partial charge in [-0.2, -0.15) is 0 Å². The molecule has 19 heavy (non-hydrogen) atoms. The number of carbonyl (C=O) groups is 1. The van der Waals surface area contributed by atoms with Crippen molar-refractivity contribution in [1.82, 2.24) is 0 Å². The predicted molar refractivity (Wildman–Crippen MR) is 87.4 cm³/mol. The maximum Gasteiger partial charge on any atom is 0.256 e. The Labute approximate surface area is 126 Å². The van der Waals surface area contributed by atoms with Gasteiger partial charge in [0.2, 0.25) is 0 Å². The minimum absolute atomic E-state index is 0.109. The molecular weight excluding hydrogens is 351 g/mol. The first-order valence-electron chi connectivity index (χ1n) is 5.92. The average Bonchev–Trinajstić information content (AvgIpc) is 2.38.